The maximum Gasteiger partial charge on any atom is 0.251 e. The average Bonchev–Trinajstić information content (AvgIpc) is 3.18. The zero-order chi connectivity index (χ0) is 21.8. The molecule has 0 aliphatic rings. The number of nitrogens with one attached hydrogen (secondary N) is 1. The molecule has 0 aliphatic carbocycles. The highest BCUT2D eigenvalue weighted by Crippen LogP contribution is 2.25. The molecule has 2 aromatic carbocycles. The van der Waals surface area contributed by atoms with Gasteiger partial charge in [-0.1, -0.05) is 50.2 Å². The summed E-state index contributed by atoms with van der Waals surface area (Å²) in [6, 6.07) is 19.9. The van der Waals surface area contributed by atoms with Gasteiger partial charge >= 0.3 is 0 Å². The maximum absolute atomic E-state index is 13.0. The van der Waals surface area contributed by atoms with E-state index in [9.17, 15) is 4.79 Å². The summed E-state index contributed by atoms with van der Waals surface area (Å²) in [4.78, 5) is 22.3. The van der Waals surface area contributed by atoms with Crippen molar-refractivity contribution in [1.29, 1.82) is 0 Å². The number of benzene rings is 2. The van der Waals surface area contributed by atoms with Crippen molar-refractivity contribution >= 4 is 17.1 Å². The first kappa shape index (κ1) is 20.8. The first-order chi connectivity index (χ1) is 15.1. The Morgan fingerprint density at radius 2 is 1.87 bits per heavy atom. The highest BCUT2D eigenvalue weighted by Gasteiger charge is 2.16. The van der Waals surface area contributed by atoms with E-state index in [0.29, 0.717) is 5.56 Å². The number of hydrogen-bond donors (Lipinski definition) is 1. The van der Waals surface area contributed by atoms with Crippen LogP contribution in [0.15, 0.2) is 66.9 Å². The fraction of sp³-hybridized carbons (Fsp3) is 0.269. The van der Waals surface area contributed by atoms with Crippen molar-refractivity contribution in [2.45, 2.75) is 46.2 Å². The monoisotopic (exact) mass is 412 g/mol. The number of fused-ring (bicyclic) bond motifs is 1. The molecule has 0 aliphatic heterocycles. The Hall–Kier alpha value is -3.47. The third-order valence-corrected chi connectivity index (χ3v) is 5.57. The summed E-state index contributed by atoms with van der Waals surface area (Å²) < 4.78 is 2.13. The number of carbonyl (C=O) groups excluding carboxylic acids is 1. The Morgan fingerprint density at radius 1 is 1.06 bits per heavy atom. The quantitative estimate of drug-likeness (QED) is 0.432. The van der Waals surface area contributed by atoms with Crippen LogP contribution in [-0.2, 0) is 13.0 Å². The molecule has 0 unspecified atom stereocenters. The number of amides is 1. The number of rotatable bonds is 7. The van der Waals surface area contributed by atoms with E-state index < -0.39 is 0 Å². The van der Waals surface area contributed by atoms with Crippen LogP contribution in [0, 0.1) is 0 Å². The van der Waals surface area contributed by atoms with Crippen molar-refractivity contribution in [2.24, 2.45) is 0 Å². The maximum atomic E-state index is 13.0. The van der Waals surface area contributed by atoms with E-state index in [-0.39, 0.29) is 11.9 Å². The van der Waals surface area contributed by atoms with Gasteiger partial charge in [-0.25, -0.2) is 9.97 Å². The largest absolute Gasteiger partial charge is 0.346 e. The lowest BCUT2D eigenvalue weighted by molar-refractivity contribution is 0.0940. The normalized spacial score (nSPS) is 12.1. The minimum Gasteiger partial charge on any atom is -0.346 e. The second-order valence-corrected chi connectivity index (χ2v) is 7.80. The van der Waals surface area contributed by atoms with E-state index in [1.54, 1.807) is 6.20 Å². The van der Waals surface area contributed by atoms with Crippen LogP contribution in [0.1, 0.15) is 54.7 Å². The highest BCUT2D eigenvalue weighted by atomic mass is 16.1. The zero-order valence-corrected chi connectivity index (χ0v) is 18.3. The first-order valence-corrected chi connectivity index (χ1v) is 10.9. The lowest BCUT2D eigenvalue weighted by atomic mass is 10.0. The first-order valence-electron chi connectivity index (χ1n) is 10.9. The molecule has 2 heterocycles. The Kier molecular flexibility index (Phi) is 6.12. The van der Waals surface area contributed by atoms with Crippen LogP contribution >= 0.6 is 0 Å². The van der Waals surface area contributed by atoms with Gasteiger partial charge in [0.1, 0.15) is 11.3 Å². The molecule has 4 aromatic rings. The standard InChI is InChI=1S/C26H28N4O/c1-4-16-30-24(29-23-10-7-15-27-25(23)30)21-8-6-9-22(17-21)26(31)28-18(3)20-13-11-19(5-2)12-14-20/h6-15,17-18H,4-5,16H2,1-3H3,(H,28,31)/t18-/m1/s1. The van der Waals surface area contributed by atoms with Gasteiger partial charge in [-0.3, -0.25) is 4.79 Å². The van der Waals surface area contributed by atoms with E-state index in [1.807, 2.05) is 43.3 Å². The Bertz CT molecular complexity index is 1190. The van der Waals surface area contributed by atoms with Gasteiger partial charge in [0.05, 0.1) is 6.04 Å². The van der Waals surface area contributed by atoms with Gasteiger partial charge < -0.3 is 9.88 Å². The zero-order valence-electron chi connectivity index (χ0n) is 18.3. The molecule has 2 aromatic heterocycles. The molecular weight excluding hydrogens is 384 g/mol. The van der Waals surface area contributed by atoms with Crippen molar-refractivity contribution in [3.05, 3.63) is 83.6 Å². The molecule has 4 rings (SSSR count). The smallest absolute Gasteiger partial charge is 0.251 e. The molecule has 0 saturated heterocycles. The van der Waals surface area contributed by atoms with Crippen LogP contribution in [0.2, 0.25) is 0 Å². The topological polar surface area (TPSA) is 59.8 Å². The molecule has 0 radical (unpaired) electrons. The predicted octanol–water partition coefficient (Wildman–Crippen LogP) is 5.56. The summed E-state index contributed by atoms with van der Waals surface area (Å²) in [6.45, 7) is 7.11. The summed E-state index contributed by atoms with van der Waals surface area (Å²) >= 11 is 0. The molecule has 5 heteroatoms. The van der Waals surface area contributed by atoms with Crippen LogP contribution in [0.5, 0.6) is 0 Å². The number of aryl methyl sites for hydroxylation is 2. The van der Waals surface area contributed by atoms with E-state index in [0.717, 1.165) is 47.5 Å². The second-order valence-electron chi connectivity index (χ2n) is 7.80. The van der Waals surface area contributed by atoms with E-state index in [2.05, 4.69) is 53.0 Å². The van der Waals surface area contributed by atoms with Crippen molar-refractivity contribution in [1.82, 2.24) is 19.9 Å². The molecule has 158 valence electrons. The third-order valence-electron chi connectivity index (χ3n) is 5.57. The molecule has 0 fully saturated rings. The highest BCUT2D eigenvalue weighted by molar-refractivity contribution is 5.95. The van der Waals surface area contributed by atoms with Crippen molar-refractivity contribution < 1.29 is 4.79 Å². The van der Waals surface area contributed by atoms with Gasteiger partial charge in [-0.2, -0.15) is 0 Å². The van der Waals surface area contributed by atoms with Crippen LogP contribution in [0.25, 0.3) is 22.6 Å². The number of aromatic nitrogens is 3. The average molecular weight is 413 g/mol. The molecule has 5 nitrogen and oxygen atoms in total. The minimum atomic E-state index is -0.0924. The predicted molar refractivity (Wildman–Crippen MR) is 125 cm³/mol. The second kappa shape index (κ2) is 9.13. The molecule has 0 bridgehead atoms. The molecule has 0 spiro atoms. The molecule has 0 saturated carbocycles. The van der Waals surface area contributed by atoms with Crippen molar-refractivity contribution in [2.75, 3.05) is 0 Å². The number of carbonyl (C=O) groups is 1. The Morgan fingerprint density at radius 3 is 2.61 bits per heavy atom. The van der Waals surface area contributed by atoms with E-state index in [1.165, 1.54) is 5.56 Å². The number of pyridine rings is 1. The molecule has 31 heavy (non-hydrogen) atoms. The van der Waals surface area contributed by atoms with Gasteiger partial charge in [0.2, 0.25) is 0 Å². The van der Waals surface area contributed by atoms with Crippen LogP contribution in [0.3, 0.4) is 0 Å². The minimum absolute atomic E-state index is 0.0732. The van der Waals surface area contributed by atoms with Gasteiger partial charge in [-0.05, 0) is 55.2 Å². The van der Waals surface area contributed by atoms with Gasteiger partial charge in [0.15, 0.2) is 5.65 Å². The van der Waals surface area contributed by atoms with Gasteiger partial charge in [0.25, 0.3) is 5.91 Å². The van der Waals surface area contributed by atoms with Gasteiger partial charge in [-0.15, -0.1) is 0 Å². The lowest BCUT2D eigenvalue weighted by Gasteiger charge is -2.15. The molecule has 1 N–H and O–H groups in total. The number of hydrogen-bond acceptors (Lipinski definition) is 3. The molecular formula is C26H28N4O. The van der Waals surface area contributed by atoms with Gasteiger partial charge in [0, 0.05) is 23.9 Å². The van der Waals surface area contributed by atoms with Crippen LogP contribution in [-0.4, -0.2) is 20.4 Å². The summed E-state index contributed by atoms with van der Waals surface area (Å²) in [6.07, 6.45) is 3.77. The number of imidazole rings is 1. The van der Waals surface area contributed by atoms with Crippen LogP contribution in [0.4, 0.5) is 0 Å². The van der Waals surface area contributed by atoms with Crippen molar-refractivity contribution in [3.8, 4) is 11.4 Å². The Balaban J connectivity index is 1.60. The van der Waals surface area contributed by atoms with Crippen molar-refractivity contribution in [3.63, 3.8) is 0 Å². The number of nitrogens with zero attached hydrogens (tertiary/aromatic N) is 3. The molecule has 1 atom stereocenters. The summed E-state index contributed by atoms with van der Waals surface area (Å²) in [5.41, 5.74) is 5.66. The van der Waals surface area contributed by atoms with E-state index >= 15 is 0 Å². The summed E-state index contributed by atoms with van der Waals surface area (Å²) in [5, 5.41) is 3.12. The summed E-state index contributed by atoms with van der Waals surface area (Å²) in [5.74, 6) is 0.749. The van der Waals surface area contributed by atoms with Crippen LogP contribution < -0.4 is 5.32 Å². The summed E-state index contributed by atoms with van der Waals surface area (Å²) in [7, 11) is 0. The van der Waals surface area contributed by atoms with E-state index in [4.69, 9.17) is 4.98 Å². The third kappa shape index (κ3) is 4.36. The molecule has 1 amide bonds. The SMILES string of the molecule is CCCn1c(-c2cccc(C(=O)N[C@H](C)c3ccc(CC)cc3)c2)nc2cccnc21. The lowest BCUT2D eigenvalue weighted by Crippen LogP contribution is -2.26. The fourth-order valence-electron chi connectivity index (χ4n) is 3.82. The fourth-order valence-corrected chi connectivity index (χ4v) is 3.82. The Labute approximate surface area is 183 Å².